The second-order valence-electron chi connectivity index (χ2n) is 7.99. The maximum absolute atomic E-state index is 12.5. The topological polar surface area (TPSA) is 80.6 Å². The zero-order valence-electron chi connectivity index (χ0n) is 17.0. The Kier molecular flexibility index (Phi) is 5.62. The van der Waals surface area contributed by atoms with Crippen molar-refractivity contribution >= 4 is 11.8 Å². The van der Waals surface area contributed by atoms with Crippen LogP contribution in [0, 0.1) is 19.8 Å². The molecule has 154 valence electrons. The third-order valence-electron chi connectivity index (χ3n) is 5.74. The summed E-state index contributed by atoms with van der Waals surface area (Å²) in [5.74, 6) is 0.221. The lowest BCUT2D eigenvalue weighted by atomic mass is 10.1. The molecule has 2 aliphatic heterocycles. The Hall–Kier alpha value is -2.74. The molecule has 8 nitrogen and oxygen atoms in total. The highest BCUT2D eigenvalue weighted by atomic mass is 16.5. The molecule has 0 saturated carbocycles. The molecule has 3 heterocycles. The lowest BCUT2D eigenvalue weighted by Gasteiger charge is -2.25. The van der Waals surface area contributed by atoms with Crippen molar-refractivity contribution in [3.63, 3.8) is 0 Å². The van der Waals surface area contributed by atoms with E-state index in [2.05, 4.69) is 42.4 Å². The molecule has 1 aromatic heterocycles. The highest BCUT2D eigenvalue weighted by Gasteiger charge is 2.30. The number of nitrogens with zero attached hydrogens (tertiary/aromatic N) is 5. The minimum absolute atomic E-state index is 0.113. The Morgan fingerprint density at radius 3 is 2.76 bits per heavy atom. The molecular weight excluding hydrogens is 370 g/mol. The van der Waals surface area contributed by atoms with Gasteiger partial charge in [-0.15, -0.1) is 5.10 Å². The van der Waals surface area contributed by atoms with Gasteiger partial charge in [-0.05, 0) is 30.5 Å². The Bertz CT molecular complexity index is 903. The van der Waals surface area contributed by atoms with Crippen molar-refractivity contribution < 1.29 is 14.3 Å². The maximum atomic E-state index is 12.5. The van der Waals surface area contributed by atoms with Crippen LogP contribution in [0.15, 0.2) is 24.4 Å². The first-order valence-electron chi connectivity index (χ1n) is 10.1. The molecule has 2 amide bonds. The van der Waals surface area contributed by atoms with Crippen LogP contribution in [0.4, 0.5) is 0 Å². The predicted octanol–water partition coefficient (Wildman–Crippen LogP) is 1.42. The summed E-state index contributed by atoms with van der Waals surface area (Å²) >= 11 is 0. The molecule has 29 heavy (non-hydrogen) atoms. The highest BCUT2D eigenvalue weighted by molar-refractivity contribution is 5.92. The predicted molar refractivity (Wildman–Crippen MR) is 106 cm³/mol. The minimum atomic E-state index is -0.113. The molecule has 0 radical (unpaired) electrons. The van der Waals surface area contributed by atoms with Crippen molar-refractivity contribution in [1.82, 2.24) is 24.8 Å². The molecule has 0 aliphatic carbocycles. The largest absolute Gasteiger partial charge is 0.378 e. The molecule has 1 unspecified atom stereocenters. The van der Waals surface area contributed by atoms with E-state index in [0.717, 1.165) is 5.56 Å². The van der Waals surface area contributed by atoms with E-state index < -0.39 is 0 Å². The van der Waals surface area contributed by atoms with Gasteiger partial charge in [0.15, 0.2) is 5.69 Å². The summed E-state index contributed by atoms with van der Waals surface area (Å²) < 4.78 is 6.97. The molecule has 1 atom stereocenters. The fourth-order valence-corrected chi connectivity index (χ4v) is 3.93. The molecule has 2 fully saturated rings. The van der Waals surface area contributed by atoms with E-state index in [1.807, 2.05) is 4.90 Å². The fraction of sp³-hybridized carbons (Fsp3) is 0.524. The molecule has 1 aromatic carbocycles. The first-order valence-corrected chi connectivity index (χ1v) is 10.1. The number of hydrogen-bond donors (Lipinski definition) is 0. The lowest BCUT2D eigenvalue weighted by molar-refractivity contribution is -0.128. The average Bonchev–Trinajstić information content (AvgIpc) is 3.32. The van der Waals surface area contributed by atoms with Gasteiger partial charge in [0.1, 0.15) is 0 Å². The van der Waals surface area contributed by atoms with Gasteiger partial charge in [-0.25, -0.2) is 0 Å². The summed E-state index contributed by atoms with van der Waals surface area (Å²) in [6, 6.07) is 6.34. The van der Waals surface area contributed by atoms with Gasteiger partial charge in [-0.3, -0.25) is 14.3 Å². The van der Waals surface area contributed by atoms with E-state index in [1.165, 1.54) is 11.1 Å². The second kappa shape index (κ2) is 8.32. The standard InChI is InChI=1S/C21H27N5O3/c1-15-3-4-17(9-16(15)2)11-25-12-18(10-20(25)27)13-26-14-19(22-23-26)21(28)24-5-7-29-8-6-24/h3-4,9,14,18H,5-8,10-13H2,1-2H3. The van der Waals surface area contributed by atoms with Crippen LogP contribution in [0.25, 0.3) is 0 Å². The Balaban J connectivity index is 1.34. The van der Waals surface area contributed by atoms with Crippen molar-refractivity contribution in [3.05, 3.63) is 46.8 Å². The van der Waals surface area contributed by atoms with Crippen LogP contribution in [0.1, 0.15) is 33.6 Å². The summed E-state index contributed by atoms with van der Waals surface area (Å²) in [4.78, 5) is 28.6. The second-order valence-corrected chi connectivity index (χ2v) is 7.99. The molecule has 4 rings (SSSR count). The highest BCUT2D eigenvalue weighted by Crippen LogP contribution is 2.22. The van der Waals surface area contributed by atoms with Gasteiger partial charge in [0.25, 0.3) is 5.91 Å². The van der Waals surface area contributed by atoms with Crippen LogP contribution < -0.4 is 0 Å². The monoisotopic (exact) mass is 397 g/mol. The van der Waals surface area contributed by atoms with Crippen LogP contribution >= 0.6 is 0 Å². The van der Waals surface area contributed by atoms with Crippen molar-refractivity contribution in [1.29, 1.82) is 0 Å². The molecule has 2 saturated heterocycles. The molecule has 0 bridgehead atoms. The normalized spacial score (nSPS) is 19.8. The summed E-state index contributed by atoms with van der Waals surface area (Å²) in [6.45, 7) is 8.36. The number of hydrogen-bond acceptors (Lipinski definition) is 5. The van der Waals surface area contributed by atoms with E-state index in [0.29, 0.717) is 58.1 Å². The zero-order chi connectivity index (χ0) is 20.4. The molecule has 2 aliphatic rings. The first-order chi connectivity index (χ1) is 14.0. The average molecular weight is 397 g/mol. The van der Waals surface area contributed by atoms with Crippen molar-refractivity contribution in [2.24, 2.45) is 5.92 Å². The van der Waals surface area contributed by atoms with Gasteiger partial charge in [-0.2, -0.15) is 0 Å². The van der Waals surface area contributed by atoms with Gasteiger partial charge in [-0.1, -0.05) is 23.4 Å². The Morgan fingerprint density at radius 1 is 1.21 bits per heavy atom. The van der Waals surface area contributed by atoms with Crippen molar-refractivity contribution in [3.8, 4) is 0 Å². The molecule has 0 spiro atoms. The van der Waals surface area contributed by atoms with Gasteiger partial charge >= 0.3 is 0 Å². The van der Waals surface area contributed by atoms with Crippen LogP contribution in [0.3, 0.4) is 0 Å². The summed E-state index contributed by atoms with van der Waals surface area (Å²) in [7, 11) is 0. The minimum Gasteiger partial charge on any atom is -0.378 e. The van der Waals surface area contributed by atoms with Gasteiger partial charge in [0.2, 0.25) is 5.91 Å². The Morgan fingerprint density at radius 2 is 2.00 bits per heavy atom. The maximum Gasteiger partial charge on any atom is 0.276 e. The zero-order valence-corrected chi connectivity index (χ0v) is 17.0. The van der Waals surface area contributed by atoms with E-state index >= 15 is 0 Å². The summed E-state index contributed by atoms with van der Waals surface area (Å²) in [6.07, 6.45) is 2.19. The van der Waals surface area contributed by atoms with Crippen LogP contribution in [0.5, 0.6) is 0 Å². The Labute approximate surface area is 170 Å². The van der Waals surface area contributed by atoms with E-state index in [1.54, 1.807) is 15.8 Å². The molecule has 0 N–H and O–H groups in total. The van der Waals surface area contributed by atoms with Crippen LogP contribution in [-0.2, 0) is 22.6 Å². The number of amides is 2. The van der Waals surface area contributed by atoms with E-state index in [-0.39, 0.29) is 17.7 Å². The van der Waals surface area contributed by atoms with Gasteiger partial charge in [0.05, 0.1) is 19.4 Å². The third-order valence-corrected chi connectivity index (χ3v) is 5.74. The summed E-state index contributed by atoms with van der Waals surface area (Å²) in [5, 5.41) is 8.15. The summed E-state index contributed by atoms with van der Waals surface area (Å²) in [5.41, 5.74) is 4.00. The number of benzene rings is 1. The van der Waals surface area contributed by atoms with Crippen molar-refractivity contribution in [2.75, 3.05) is 32.8 Å². The first kappa shape index (κ1) is 19.6. The number of aromatic nitrogens is 3. The molecule has 2 aromatic rings. The smallest absolute Gasteiger partial charge is 0.276 e. The van der Waals surface area contributed by atoms with Crippen LogP contribution in [0.2, 0.25) is 0 Å². The number of aryl methyl sites for hydroxylation is 2. The lowest BCUT2D eigenvalue weighted by Crippen LogP contribution is -2.40. The van der Waals surface area contributed by atoms with Gasteiger partial charge in [0, 0.05) is 45.1 Å². The molecular formula is C21H27N5O3. The number of ether oxygens (including phenoxy) is 1. The van der Waals surface area contributed by atoms with E-state index in [4.69, 9.17) is 4.74 Å². The van der Waals surface area contributed by atoms with Crippen LogP contribution in [-0.4, -0.2) is 69.5 Å². The SMILES string of the molecule is Cc1ccc(CN2CC(Cn3cc(C(=O)N4CCOCC4)nn3)CC2=O)cc1C. The third kappa shape index (κ3) is 4.48. The quantitative estimate of drug-likeness (QED) is 0.762. The van der Waals surface area contributed by atoms with E-state index in [9.17, 15) is 9.59 Å². The molecule has 8 heteroatoms. The fourth-order valence-electron chi connectivity index (χ4n) is 3.93. The van der Waals surface area contributed by atoms with Crippen molar-refractivity contribution in [2.45, 2.75) is 33.4 Å². The number of carbonyl (C=O) groups excluding carboxylic acids is 2. The number of rotatable bonds is 5. The number of carbonyl (C=O) groups is 2. The number of likely N-dealkylation sites (tertiary alicyclic amines) is 1. The van der Waals surface area contributed by atoms with Gasteiger partial charge < -0.3 is 14.5 Å². The number of morpholine rings is 1.